The van der Waals surface area contributed by atoms with Gasteiger partial charge < -0.3 is 14.2 Å². The van der Waals surface area contributed by atoms with Gasteiger partial charge in [0.25, 0.3) is 5.91 Å². The fourth-order valence-corrected chi connectivity index (χ4v) is 3.59. The summed E-state index contributed by atoms with van der Waals surface area (Å²) >= 11 is 0. The van der Waals surface area contributed by atoms with Crippen LogP contribution in [-0.4, -0.2) is 33.2 Å². The van der Waals surface area contributed by atoms with Crippen molar-refractivity contribution in [3.63, 3.8) is 0 Å². The van der Waals surface area contributed by atoms with Crippen molar-refractivity contribution in [2.45, 2.75) is 26.7 Å². The van der Waals surface area contributed by atoms with Crippen molar-refractivity contribution in [3.8, 4) is 11.5 Å². The van der Waals surface area contributed by atoms with Crippen LogP contribution in [0.4, 0.5) is 5.69 Å². The van der Waals surface area contributed by atoms with E-state index >= 15 is 0 Å². The van der Waals surface area contributed by atoms with Gasteiger partial charge in [0.1, 0.15) is 11.5 Å². The molecule has 0 aromatic heterocycles. The Morgan fingerprint density at radius 3 is 2.23 bits per heavy atom. The minimum absolute atomic E-state index is 0.235. The first-order chi connectivity index (χ1) is 14.8. The Hall–Kier alpha value is -3.54. The second-order valence-corrected chi connectivity index (χ2v) is 7.50. The third-order valence-corrected chi connectivity index (χ3v) is 5.35. The first-order valence-electron chi connectivity index (χ1n) is 10.00. The normalized spacial score (nSPS) is 15.1. The first-order valence-corrected chi connectivity index (χ1v) is 10.00. The summed E-state index contributed by atoms with van der Waals surface area (Å²) in [5.41, 5.74) is 3.52. The molecule has 0 unspecified atom stereocenters. The molecule has 0 aliphatic carbocycles. The average Bonchev–Trinajstić information content (AvgIpc) is 3.02. The number of carbonyl (C=O) groups excluding carboxylic acids is 2. The van der Waals surface area contributed by atoms with Gasteiger partial charge in [-0.25, -0.2) is 4.79 Å². The highest BCUT2D eigenvalue weighted by Gasteiger charge is 2.38. The lowest BCUT2D eigenvalue weighted by Crippen LogP contribution is -2.24. The number of rotatable bonds is 6. The second kappa shape index (κ2) is 9.08. The molecule has 1 aliphatic rings. The smallest absolute Gasteiger partial charge is 0.340 e. The number of esters is 1. The van der Waals surface area contributed by atoms with Crippen LogP contribution in [0.3, 0.4) is 0 Å². The van der Waals surface area contributed by atoms with Crippen LogP contribution in [0.25, 0.3) is 6.08 Å². The van der Waals surface area contributed by atoms with Crippen LogP contribution in [0.1, 0.15) is 37.8 Å². The van der Waals surface area contributed by atoms with Gasteiger partial charge in [0, 0.05) is 23.0 Å². The van der Waals surface area contributed by atoms with Crippen LogP contribution in [-0.2, 0) is 14.3 Å². The molecule has 0 saturated heterocycles. The molecule has 2 aromatic carbocycles. The minimum Gasteiger partial charge on any atom is -0.497 e. The Bertz CT molecular complexity index is 1060. The van der Waals surface area contributed by atoms with E-state index in [1.54, 1.807) is 38.3 Å². The van der Waals surface area contributed by atoms with Crippen LogP contribution in [0.15, 0.2) is 59.3 Å². The maximum absolute atomic E-state index is 13.4. The van der Waals surface area contributed by atoms with E-state index in [2.05, 4.69) is 13.8 Å². The van der Waals surface area contributed by atoms with Crippen LogP contribution in [0.2, 0.25) is 0 Å². The number of methoxy groups -OCH3 is 3. The third kappa shape index (κ3) is 4.19. The zero-order valence-electron chi connectivity index (χ0n) is 18.7. The number of carbonyl (C=O) groups is 2. The number of hydrogen-bond donors (Lipinski definition) is 0. The minimum atomic E-state index is -0.564. The number of benzene rings is 2. The molecular formula is C25H27NO5. The fraction of sp³-hybridized carbons (Fsp3) is 0.280. The van der Waals surface area contributed by atoms with E-state index < -0.39 is 5.97 Å². The summed E-state index contributed by atoms with van der Waals surface area (Å²) in [6, 6.07) is 13.0. The third-order valence-electron chi connectivity index (χ3n) is 5.35. The maximum Gasteiger partial charge on any atom is 0.340 e. The van der Waals surface area contributed by atoms with Crippen LogP contribution in [0.5, 0.6) is 11.5 Å². The predicted octanol–water partition coefficient (Wildman–Crippen LogP) is 4.70. The fourth-order valence-electron chi connectivity index (χ4n) is 3.59. The molecule has 0 bridgehead atoms. The molecule has 0 fully saturated rings. The molecule has 2 aromatic rings. The predicted molar refractivity (Wildman–Crippen MR) is 120 cm³/mol. The summed E-state index contributed by atoms with van der Waals surface area (Å²) in [5.74, 6) is 0.673. The summed E-state index contributed by atoms with van der Waals surface area (Å²) < 4.78 is 15.7. The van der Waals surface area contributed by atoms with E-state index in [1.165, 1.54) is 24.7 Å². The van der Waals surface area contributed by atoms with Crippen molar-refractivity contribution in [1.29, 1.82) is 0 Å². The molecule has 1 aliphatic heterocycles. The van der Waals surface area contributed by atoms with Gasteiger partial charge >= 0.3 is 5.97 Å². The van der Waals surface area contributed by atoms with Crippen molar-refractivity contribution in [1.82, 2.24) is 0 Å². The van der Waals surface area contributed by atoms with Gasteiger partial charge in [-0.1, -0.05) is 26.0 Å². The summed E-state index contributed by atoms with van der Waals surface area (Å²) in [6.07, 6.45) is 1.65. The zero-order chi connectivity index (χ0) is 22.7. The van der Waals surface area contributed by atoms with Gasteiger partial charge in [-0.15, -0.1) is 0 Å². The Morgan fingerprint density at radius 2 is 1.68 bits per heavy atom. The molecule has 1 heterocycles. The van der Waals surface area contributed by atoms with Gasteiger partial charge in [-0.05, 0) is 48.7 Å². The Morgan fingerprint density at radius 1 is 1.00 bits per heavy atom. The van der Waals surface area contributed by atoms with Crippen molar-refractivity contribution in [2.75, 3.05) is 26.2 Å². The summed E-state index contributed by atoms with van der Waals surface area (Å²) in [4.78, 5) is 27.6. The molecule has 0 N–H and O–H groups in total. The molecule has 6 heteroatoms. The summed E-state index contributed by atoms with van der Waals surface area (Å²) in [7, 11) is 4.41. The monoisotopic (exact) mass is 421 g/mol. The SMILES string of the molecule is COC(=O)C1=C(C)N(c2ccc(C(C)C)cc2)C(=O)/C1=C\c1ccc(OC)cc1OC. The molecule has 31 heavy (non-hydrogen) atoms. The standard InChI is InChI=1S/C25H27NO5/c1-15(2)17-7-10-19(11-8-17)26-16(3)23(25(28)31-6)21(24(26)27)13-18-9-12-20(29-4)14-22(18)30-5/h7-15H,1-6H3/b21-13-. The Labute approximate surface area is 182 Å². The van der Waals surface area contributed by atoms with Gasteiger partial charge in [-0.2, -0.15) is 0 Å². The van der Waals surface area contributed by atoms with Crippen molar-refractivity contribution in [2.24, 2.45) is 0 Å². The van der Waals surface area contributed by atoms with Gasteiger partial charge in [0.2, 0.25) is 0 Å². The summed E-state index contributed by atoms with van der Waals surface area (Å²) in [5, 5.41) is 0. The van der Waals surface area contributed by atoms with Gasteiger partial charge in [0.05, 0.1) is 32.5 Å². The first kappa shape index (κ1) is 22.2. The molecule has 6 nitrogen and oxygen atoms in total. The lowest BCUT2D eigenvalue weighted by atomic mass is 10.0. The number of anilines is 1. The number of hydrogen-bond acceptors (Lipinski definition) is 5. The molecule has 0 saturated carbocycles. The molecule has 0 spiro atoms. The molecule has 0 radical (unpaired) electrons. The largest absolute Gasteiger partial charge is 0.497 e. The zero-order valence-corrected chi connectivity index (χ0v) is 18.7. The Balaban J connectivity index is 2.12. The lowest BCUT2D eigenvalue weighted by molar-refractivity contribution is -0.136. The van der Waals surface area contributed by atoms with E-state index in [9.17, 15) is 9.59 Å². The molecule has 3 rings (SSSR count). The second-order valence-electron chi connectivity index (χ2n) is 7.50. The van der Waals surface area contributed by atoms with E-state index in [4.69, 9.17) is 14.2 Å². The maximum atomic E-state index is 13.4. The van der Waals surface area contributed by atoms with Crippen molar-refractivity contribution < 1.29 is 23.8 Å². The molecular weight excluding hydrogens is 394 g/mol. The van der Waals surface area contributed by atoms with Crippen molar-refractivity contribution in [3.05, 3.63) is 70.4 Å². The highest BCUT2D eigenvalue weighted by Crippen LogP contribution is 2.37. The lowest BCUT2D eigenvalue weighted by Gasteiger charge is -2.19. The topological polar surface area (TPSA) is 65.1 Å². The van der Waals surface area contributed by atoms with Crippen LogP contribution < -0.4 is 14.4 Å². The summed E-state index contributed by atoms with van der Waals surface area (Å²) in [6.45, 7) is 5.96. The van der Waals surface area contributed by atoms with Crippen molar-refractivity contribution >= 4 is 23.6 Å². The van der Waals surface area contributed by atoms with Crippen LogP contribution >= 0.6 is 0 Å². The van der Waals surface area contributed by atoms with Crippen LogP contribution in [0, 0.1) is 0 Å². The van der Waals surface area contributed by atoms with E-state index in [0.717, 1.165) is 0 Å². The Kier molecular flexibility index (Phi) is 6.49. The van der Waals surface area contributed by atoms with Gasteiger partial charge in [0.15, 0.2) is 0 Å². The van der Waals surface area contributed by atoms with E-state index in [0.29, 0.717) is 34.4 Å². The highest BCUT2D eigenvalue weighted by molar-refractivity contribution is 6.23. The molecule has 162 valence electrons. The number of ether oxygens (including phenoxy) is 3. The van der Waals surface area contributed by atoms with E-state index in [-0.39, 0.29) is 17.1 Å². The molecule has 1 amide bonds. The molecule has 0 atom stereocenters. The number of allylic oxidation sites excluding steroid dienone is 1. The number of amides is 1. The average molecular weight is 421 g/mol. The highest BCUT2D eigenvalue weighted by atomic mass is 16.5. The van der Waals surface area contributed by atoms with E-state index in [1.807, 2.05) is 24.3 Å². The quantitative estimate of drug-likeness (QED) is 0.499. The number of nitrogens with zero attached hydrogens (tertiary/aromatic N) is 1. The van der Waals surface area contributed by atoms with Gasteiger partial charge in [-0.3, -0.25) is 9.69 Å².